The first-order chi connectivity index (χ1) is 16.3. The number of primary amides is 1. The summed E-state index contributed by atoms with van der Waals surface area (Å²) in [4.78, 5) is 71.8. The molecule has 13 nitrogen and oxygen atoms in total. The van der Waals surface area contributed by atoms with Crippen molar-refractivity contribution in [2.75, 3.05) is 12.0 Å². The summed E-state index contributed by atoms with van der Waals surface area (Å²) < 4.78 is 0. The zero-order chi connectivity index (χ0) is 27.1. The van der Waals surface area contributed by atoms with E-state index in [4.69, 9.17) is 16.6 Å². The van der Waals surface area contributed by atoms with Crippen LogP contribution in [0.25, 0.3) is 0 Å². The molecule has 0 aliphatic rings. The minimum absolute atomic E-state index is 0.103. The Morgan fingerprint density at radius 1 is 0.800 bits per heavy atom. The lowest BCUT2D eigenvalue weighted by Crippen LogP contribution is -2.57. The quantitative estimate of drug-likeness (QED) is 0.114. The van der Waals surface area contributed by atoms with Gasteiger partial charge in [0.1, 0.15) is 18.1 Å². The molecule has 0 aliphatic carbocycles. The fourth-order valence-electron chi connectivity index (χ4n) is 3.02. The average Bonchev–Trinajstić information content (AvgIpc) is 2.75. The van der Waals surface area contributed by atoms with Crippen LogP contribution in [0.5, 0.6) is 0 Å². The fourth-order valence-corrected chi connectivity index (χ4v) is 3.49. The normalized spacial score (nSPS) is 14.3. The second-order valence-electron chi connectivity index (χ2n) is 8.48. The van der Waals surface area contributed by atoms with Crippen LogP contribution < -0.4 is 27.4 Å². The van der Waals surface area contributed by atoms with Crippen LogP contribution in [-0.2, 0) is 28.8 Å². The highest BCUT2D eigenvalue weighted by molar-refractivity contribution is 7.98. The maximum atomic E-state index is 12.9. The molecule has 4 atom stereocenters. The first kappa shape index (κ1) is 32.1. The van der Waals surface area contributed by atoms with Gasteiger partial charge < -0.3 is 37.6 Å². The van der Waals surface area contributed by atoms with E-state index in [9.17, 15) is 33.9 Å². The van der Waals surface area contributed by atoms with Gasteiger partial charge in [-0.05, 0) is 43.6 Å². The van der Waals surface area contributed by atoms with E-state index in [1.54, 1.807) is 6.26 Å². The number of carbonyl (C=O) groups is 6. The number of carbonyl (C=O) groups excluding carboxylic acids is 4. The number of nitrogens with one attached hydrogen (secondary N) is 3. The number of carboxylic acid groups (broad SMARTS) is 2. The van der Waals surface area contributed by atoms with Gasteiger partial charge in [0, 0.05) is 12.8 Å². The Morgan fingerprint density at radius 2 is 1.29 bits per heavy atom. The summed E-state index contributed by atoms with van der Waals surface area (Å²) in [5, 5.41) is 25.5. The Balaban J connectivity index is 5.59. The van der Waals surface area contributed by atoms with E-state index < -0.39 is 66.2 Å². The molecule has 0 rings (SSSR count). The van der Waals surface area contributed by atoms with E-state index in [-0.39, 0.29) is 31.6 Å². The van der Waals surface area contributed by atoms with E-state index in [0.717, 1.165) is 0 Å². The molecule has 0 aromatic heterocycles. The summed E-state index contributed by atoms with van der Waals surface area (Å²) in [6, 6.07) is -4.83. The summed E-state index contributed by atoms with van der Waals surface area (Å²) in [5.74, 6) is -5.07. The molecule has 14 heteroatoms. The van der Waals surface area contributed by atoms with Crippen LogP contribution in [0.3, 0.4) is 0 Å². The summed E-state index contributed by atoms with van der Waals surface area (Å²) in [7, 11) is 0. The lowest BCUT2D eigenvalue weighted by molar-refractivity contribution is -0.143. The van der Waals surface area contributed by atoms with E-state index in [2.05, 4.69) is 16.0 Å². The second kappa shape index (κ2) is 16.7. The lowest BCUT2D eigenvalue weighted by Gasteiger charge is -2.25. The summed E-state index contributed by atoms with van der Waals surface area (Å²) >= 11 is 1.38. The predicted octanol–water partition coefficient (Wildman–Crippen LogP) is -1.22. The molecule has 0 spiro atoms. The van der Waals surface area contributed by atoms with Crippen molar-refractivity contribution in [2.24, 2.45) is 17.4 Å². The standard InChI is InChI=1S/C21H37N5O8S/c1-11(2)10-12(22)18(30)24-13(4-6-16(23)27)19(31)25-14(5-7-17(28)29)20(32)26-15(21(33)34)8-9-35-3/h11-15H,4-10,22H2,1-3H3,(H2,23,27)(H,24,30)(H,25,31)(H,26,32)(H,28,29)(H,33,34). The molecule has 35 heavy (non-hydrogen) atoms. The number of hydrogen-bond donors (Lipinski definition) is 7. The van der Waals surface area contributed by atoms with E-state index in [1.807, 2.05) is 13.8 Å². The monoisotopic (exact) mass is 519 g/mol. The van der Waals surface area contributed by atoms with Crippen LogP contribution >= 0.6 is 11.8 Å². The predicted molar refractivity (Wildman–Crippen MR) is 129 cm³/mol. The molecule has 0 radical (unpaired) electrons. The van der Waals surface area contributed by atoms with Crippen molar-refractivity contribution in [1.29, 1.82) is 0 Å². The Labute approximate surface area is 208 Å². The second-order valence-corrected chi connectivity index (χ2v) is 9.46. The number of thioether (sulfide) groups is 1. The number of amides is 4. The van der Waals surface area contributed by atoms with Gasteiger partial charge in [0.15, 0.2) is 0 Å². The van der Waals surface area contributed by atoms with Crippen molar-refractivity contribution in [3.8, 4) is 0 Å². The van der Waals surface area contributed by atoms with Crippen molar-refractivity contribution in [3.63, 3.8) is 0 Å². The average molecular weight is 520 g/mol. The van der Waals surface area contributed by atoms with Gasteiger partial charge in [-0.3, -0.25) is 24.0 Å². The topological polar surface area (TPSA) is 231 Å². The molecule has 0 aromatic carbocycles. The summed E-state index contributed by atoms with van der Waals surface area (Å²) in [5.41, 5.74) is 11.0. The molecule has 4 unspecified atom stereocenters. The molecule has 0 bridgehead atoms. The van der Waals surface area contributed by atoms with Crippen LogP contribution in [0, 0.1) is 5.92 Å². The van der Waals surface area contributed by atoms with Crippen LogP contribution in [0.4, 0.5) is 0 Å². The van der Waals surface area contributed by atoms with Crippen LogP contribution in [-0.4, -0.2) is 82.0 Å². The Kier molecular flexibility index (Phi) is 15.3. The molecular weight excluding hydrogens is 482 g/mol. The minimum atomic E-state index is -1.40. The third-order valence-corrected chi connectivity index (χ3v) is 5.52. The summed E-state index contributed by atoms with van der Waals surface area (Å²) in [6.45, 7) is 3.72. The van der Waals surface area contributed by atoms with Gasteiger partial charge in [-0.25, -0.2) is 4.79 Å². The number of carboxylic acids is 2. The van der Waals surface area contributed by atoms with Crippen molar-refractivity contribution in [1.82, 2.24) is 16.0 Å². The number of aliphatic carboxylic acids is 2. The van der Waals surface area contributed by atoms with E-state index in [0.29, 0.717) is 12.2 Å². The molecule has 0 saturated heterocycles. The number of nitrogens with two attached hydrogens (primary N) is 2. The zero-order valence-corrected chi connectivity index (χ0v) is 21.1. The molecule has 0 aromatic rings. The fraction of sp³-hybridized carbons (Fsp3) is 0.714. The Bertz CT molecular complexity index is 764. The zero-order valence-electron chi connectivity index (χ0n) is 20.2. The molecule has 0 saturated carbocycles. The lowest BCUT2D eigenvalue weighted by atomic mass is 10.0. The van der Waals surface area contributed by atoms with Crippen molar-refractivity contribution >= 4 is 47.3 Å². The van der Waals surface area contributed by atoms with Gasteiger partial charge in [0.25, 0.3) is 0 Å². The highest BCUT2D eigenvalue weighted by atomic mass is 32.2. The molecule has 9 N–H and O–H groups in total. The van der Waals surface area contributed by atoms with Crippen molar-refractivity contribution < 1.29 is 39.0 Å². The SMILES string of the molecule is CSCCC(NC(=O)C(CCC(=O)O)NC(=O)C(CCC(N)=O)NC(=O)C(N)CC(C)C)C(=O)O. The third-order valence-electron chi connectivity index (χ3n) is 4.88. The van der Waals surface area contributed by atoms with Crippen LogP contribution in [0.1, 0.15) is 52.4 Å². The highest BCUT2D eigenvalue weighted by Crippen LogP contribution is 2.07. The maximum absolute atomic E-state index is 12.9. The first-order valence-corrected chi connectivity index (χ1v) is 12.6. The summed E-state index contributed by atoms with van der Waals surface area (Å²) in [6.07, 6.45) is 0.979. The van der Waals surface area contributed by atoms with Crippen LogP contribution in [0.2, 0.25) is 0 Å². The molecule has 0 aliphatic heterocycles. The molecular formula is C21H37N5O8S. The maximum Gasteiger partial charge on any atom is 0.326 e. The van der Waals surface area contributed by atoms with E-state index in [1.165, 1.54) is 11.8 Å². The molecule has 200 valence electrons. The Morgan fingerprint density at radius 3 is 1.71 bits per heavy atom. The number of rotatable bonds is 18. The molecule has 0 heterocycles. The number of hydrogen-bond acceptors (Lipinski definition) is 8. The van der Waals surface area contributed by atoms with Gasteiger partial charge in [-0.15, -0.1) is 0 Å². The third kappa shape index (κ3) is 14.2. The van der Waals surface area contributed by atoms with Gasteiger partial charge in [0.05, 0.1) is 6.04 Å². The highest BCUT2D eigenvalue weighted by Gasteiger charge is 2.30. The minimum Gasteiger partial charge on any atom is -0.481 e. The first-order valence-electron chi connectivity index (χ1n) is 11.2. The van der Waals surface area contributed by atoms with Gasteiger partial charge >= 0.3 is 11.9 Å². The van der Waals surface area contributed by atoms with Gasteiger partial charge in [-0.2, -0.15) is 11.8 Å². The van der Waals surface area contributed by atoms with Crippen LogP contribution in [0.15, 0.2) is 0 Å². The van der Waals surface area contributed by atoms with Gasteiger partial charge in [0.2, 0.25) is 23.6 Å². The van der Waals surface area contributed by atoms with E-state index >= 15 is 0 Å². The van der Waals surface area contributed by atoms with Crippen molar-refractivity contribution in [3.05, 3.63) is 0 Å². The molecule has 4 amide bonds. The molecule has 0 fully saturated rings. The smallest absolute Gasteiger partial charge is 0.326 e. The van der Waals surface area contributed by atoms with Gasteiger partial charge in [-0.1, -0.05) is 13.8 Å². The Hall–Kier alpha value is -2.87. The van der Waals surface area contributed by atoms with Crippen molar-refractivity contribution in [2.45, 2.75) is 76.5 Å². The largest absolute Gasteiger partial charge is 0.481 e.